The maximum Gasteiger partial charge on any atom is 0.253 e. The predicted octanol–water partition coefficient (Wildman–Crippen LogP) is 3.68. The number of carbonyl (C=O) groups excluding carboxylic acids is 2. The average molecular weight is 445 g/mol. The number of anilines is 1. The Balaban J connectivity index is 1.21. The number of carbonyl (C=O) groups is 2. The Morgan fingerprint density at radius 3 is 2.29 bits per heavy atom. The first-order valence-corrected chi connectivity index (χ1v) is 11.5. The number of likely N-dealkylation sites (tertiary alicyclic amines) is 1. The molecule has 2 aromatic carbocycles. The second kappa shape index (κ2) is 9.80. The van der Waals surface area contributed by atoms with Gasteiger partial charge < -0.3 is 19.7 Å². The topological polar surface area (TPSA) is 67.9 Å². The maximum absolute atomic E-state index is 12.9. The molecule has 1 N–H and O–H groups in total. The highest BCUT2D eigenvalue weighted by molar-refractivity contribution is 7.99. The van der Waals surface area contributed by atoms with E-state index in [1.54, 1.807) is 0 Å². The van der Waals surface area contributed by atoms with Crippen molar-refractivity contribution >= 4 is 29.3 Å². The van der Waals surface area contributed by atoms with Crippen LogP contribution < -0.4 is 5.32 Å². The highest BCUT2D eigenvalue weighted by Crippen LogP contribution is 2.31. The predicted molar refractivity (Wildman–Crippen MR) is 117 cm³/mol. The molecule has 1 spiro atoms. The summed E-state index contributed by atoms with van der Waals surface area (Å²) in [6.45, 7) is 2.50. The Morgan fingerprint density at radius 2 is 1.65 bits per heavy atom. The van der Waals surface area contributed by atoms with Crippen LogP contribution in [0.2, 0.25) is 0 Å². The van der Waals surface area contributed by atoms with E-state index in [9.17, 15) is 14.0 Å². The zero-order chi connectivity index (χ0) is 21.7. The maximum atomic E-state index is 12.9. The van der Waals surface area contributed by atoms with Gasteiger partial charge in [-0.3, -0.25) is 9.59 Å². The SMILES string of the molecule is O=C(CSCc1ccc(C(=O)N2CCC3(CC2)OCCO3)cc1)Nc1ccc(F)cc1. The van der Waals surface area contributed by atoms with Crippen molar-refractivity contribution < 1.29 is 23.5 Å². The third-order valence-electron chi connectivity index (χ3n) is 5.46. The Morgan fingerprint density at radius 1 is 1.00 bits per heavy atom. The first kappa shape index (κ1) is 21.8. The van der Waals surface area contributed by atoms with E-state index in [2.05, 4.69) is 5.32 Å². The molecule has 2 saturated heterocycles. The molecule has 2 aromatic rings. The summed E-state index contributed by atoms with van der Waals surface area (Å²) in [4.78, 5) is 26.6. The number of thioether (sulfide) groups is 1. The summed E-state index contributed by atoms with van der Waals surface area (Å²) in [5, 5.41) is 2.74. The van der Waals surface area contributed by atoms with Gasteiger partial charge in [0.1, 0.15) is 5.82 Å². The van der Waals surface area contributed by atoms with Crippen LogP contribution in [0.5, 0.6) is 0 Å². The van der Waals surface area contributed by atoms with Crippen LogP contribution in [0, 0.1) is 5.82 Å². The van der Waals surface area contributed by atoms with E-state index in [0.29, 0.717) is 56.1 Å². The van der Waals surface area contributed by atoms with Crippen molar-refractivity contribution in [2.75, 3.05) is 37.4 Å². The Bertz CT molecular complexity index is 904. The smallest absolute Gasteiger partial charge is 0.253 e. The molecule has 0 atom stereocenters. The second-order valence-electron chi connectivity index (χ2n) is 7.64. The van der Waals surface area contributed by atoms with E-state index in [4.69, 9.17) is 9.47 Å². The lowest BCUT2D eigenvalue weighted by molar-refractivity contribution is -0.181. The summed E-state index contributed by atoms with van der Waals surface area (Å²) in [5.41, 5.74) is 2.28. The fraction of sp³-hybridized carbons (Fsp3) is 0.391. The van der Waals surface area contributed by atoms with Gasteiger partial charge in [-0.2, -0.15) is 0 Å². The zero-order valence-corrected chi connectivity index (χ0v) is 18.0. The van der Waals surface area contributed by atoms with Gasteiger partial charge in [0.15, 0.2) is 5.79 Å². The number of benzene rings is 2. The average Bonchev–Trinajstić information content (AvgIpc) is 3.24. The molecule has 2 heterocycles. The van der Waals surface area contributed by atoms with Crippen molar-refractivity contribution in [3.8, 4) is 0 Å². The van der Waals surface area contributed by atoms with E-state index in [1.807, 2.05) is 29.2 Å². The van der Waals surface area contributed by atoms with Gasteiger partial charge in [-0.1, -0.05) is 12.1 Å². The number of piperidine rings is 1. The minimum Gasteiger partial charge on any atom is -0.347 e. The minimum absolute atomic E-state index is 0.0192. The highest BCUT2D eigenvalue weighted by atomic mass is 32.2. The molecule has 0 aliphatic carbocycles. The van der Waals surface area contributed by atoms with Crippen LogP contribution in [0.3, 0.4) is 0 Å². The molecular formula is C23H25FN2O4S. The molecule has 2 aliphatic rings. The van der Waals surface area contributed by atoms with E-state index < -0.39 is 5.79 Å². The number of rotatable bonds is 6. The van der Waals surface area contributed by atoms with Crippen molar-refractivity contribution in [3.05, 3.63) is 65.5 Å². The quantitative estimate of drug-likeness (QED) is 0.736. The van der Waals surface area contributed by atoms with Crippen molar-refractivity contribution in [2.45, 2.75) is 24.4 Å². The molecule has 2 fully saturated rings. The van der Waals surface area contributed by atoms with Gasteiger partial charge in [0.2, 0.25) is 5.91 Å². The number of hydrogen-bond donors (Lipinski definition) is 1. The summed E-state index contributed by atoms with van der Waals surface area (Å²) in [7, 11) is 0. The second-order valence-corrected chi connectivity index (χ2v) is 8.63. The fourth-order valence-corrected chi connectivity index (χ4v) is 4.54. The van der Waals surface area contributed by atoms with E-state index in [1.165, 1.54) is 36.0 Å². The van der Waals surface area contributed by atoms with Crippen LogP contribution in [0.4, 0.5) is 10.1 Å². The van der Waals surface area contributed by atoms with E-state index >= 15 is 0 Å². The lowest BCUT2D eigenvalue weighted by Gasteiger charge is -2.37. The summed E-state index contributed by atoms with van der Waals surface area (Å²) in [6.07, 6.45) is 1.40. The summed E-state index contributed by atoms with van der Waals surface area (Å²) in [6, 6.07) is 13.2. The van der Waals surface area contributed by atoms with Gasteiger partial charge in [-0.25, -0.2) is 4.39 Å². The van der Waals surface area contributed by atoms with Crippen molar-refractivity contribution in [1.82, 2.24) is 4.90 Å². The highest BCUT2D eigenvalue weighted by Gasteiger charge is 2.40. The molecule has 0 aromatic heterocycles. The number of hydrogen-bond acceptors (Lipinski definition) is 5. The molecule has 0 saturated carbocycles. The molecule has 31 heavy (non-hydrogen) atoms. The monoisotopic (exact) mass is 444 g/mol. The Hall–Kier alpha value is -2.42. The molecule has 0 radical (unpaired) electrons. The minimum atomic E-state index is -0.485. The van der Waals surface area contributed by atoms with Crippen LogP contribution >= 0.6 is 11.8 Å². The number of amides is 2. The lowest BCUT2D eigenvalue weighted by Crippen LogP contribution is -2.47. The lowest BCUT2D eigenvalue weighted by atomic mass is 10.0. The Kier molecular flexibility index (Phi) is 6.89. The van der Waals surface area contributed by atoms with Gasteiger partial charge in [-0.05, 0) is 42.0 Å². The van der Waals surface area contributed by atoms with Gasteiger partial charge in [0.25, 0.3) is 5.91 Å². The van der Waals surface area contributed by atoms with Crippen LogP contribution in [0.25, 0.3) is 0 Å². The van der Waals surface area contributed by atoms with Gasteiger partial charge in [0.05, 0.1) is 19.0 Å². The van der Waals surface area contributed by atoms with E-state index in [0.717, 1.165) is 5.56 Å². The molecule has 4 rings (SSSR count). The van der Waals surface area contributed by atoms with Crippen LogP contribution in [-0.4, -0.2) is 54.6 Å². The standard InChI is InChI=1S/C23H25FN2O4S/c24-19-5-7-20(8-6-19)25-21(27)16-31-15-17-1-3-18(4-2-17)22(28)26-11-9-23(10-12-26)29-13-14-30-23/h1-8H,9-16H2,(H,25,27). The van der Waals surface area contributed by atoms with Crippen molar-refractivity contribution in [1.29, 1.82) is 0 Å². The van der Waals surface area contributed by atoms with Crippen LogP contribution in [-0.2, 0) is 20.0 Å². The molecule has 164 valence electrons. The summed E-state index contributed by atoms with van der Waals surface area (Å²) >= 11 is 1.48. The van der Waals surface area contributed by atoms with Crippen molar-refractivity contribution in [3.63, 3.8) is 0 Å². The molecule has 2 aliphatic heterocycles. The molecule has 0 bridgehead atoms. The first-order valence-electron chi connectivity index (χ1n) is 10.3. The zero-order valence-electron chi connectivity index (χ0n) is 17.1. The first-order chi connectivity index (χ1) is 15.0. The van der Waals surface area contributed by atoms with Gasteiger partial charge in [-0.15, -0.1) is 11.8 Å². The molecule has 2 amide bonds. The van der Waals surface area contributed by atoms with Crippen LogP contribution in [0.1, 0.15) is 28.8 Å². The van der Waals surface area contributed by atoms with Gasteiger partial charge in [0, 0.05) is 42.9 Å². The van der Waals surface area contributed by atoms with Crippen molar-refractivity contribution in [2.24, 2.45) is 0 Å². The number of nitrogens with one attached hydrogen (secondary N) is 1. The fourth-order valence-electron chi connectivity index (χ4n) is 3.75. The van der Waals surface area contributed by atoms with Crippen LogP contribution in [0.15, 0.2) is 48.5 Å². The van der Waals surface area contributed by atoms with Gasteiger partial charge >= 0.3 is 0 Å². The third-order valence-corrected chi connectivity index (χ3v) is 6.46. The van der Waals surface area contributed by atoms with E-state index in [-0.39, 0.29) is 23.4 Å². The number of nitrogens with zero attached hydrogens (tertiary/aromatic N) is 1. The number of halogens is 1. The normalized spacial score (nSPS) is 17.6. The third kappa shape index (κ3) is 5.64. The number of ether oxygens (including phenoxy) is 2. The Labute approximate surface area is 185 Å². The molecule has 0 unspecified atom stereocenters. The largest absolute Gasteiger partial charge is 0.347 e. The summed E-state index contributed by atoms with van der Waals surface area (Å²) in [5.74, 6) is 0.00715. The molecule has 8 heteroatoms. The molecule has 6 nitrogen and oxygen atoms in total. The summed E-state index contributed by atoms with van der Waals surface area (Å²) < 4.78 is 24.3. The molecular weight excluding hydrogens is 419 g/mol.